The van der Waals surface area contributed by atoms with Crippen LogP contribution in [0.3, 0.4) is 0 Å². The van der Waals surface area contributed by atoms with Crippen molar-refractivity contribution >= 4 is 12.0 Å². The van der Waals surface area contributed by atoms with E-state index in [1.54, 1.807) is 16.9 Å². The molecule has 4 rings (SSSR count). The van der Waals surface area contributed by atoms with Crippen molar-refractivity contribution in [1.82, 2.24) is 15.1 Å². The number of nitrogens with one attached hydrogen (secondary N) is 1. The van der Waals surface area contributed by atoms with Crippen molar-refractivity contribution in [2.24, 2.45) is 5.41 Å². The van der Waals surface area contributed by atoms with Crippen LogP contribution in [0.5, 0.6) is 0 Å². The van der Waals surface area contributed by atoms with Crippen LogP contribution < -0.4 is 5.32 Å². The molecule has 10 heteroatoms. The lowest BCUT2D eigenvalue weighted by atomic mass is 9.80. The molecule has 0 aromatic carbocycles. The topological polar surface area (TPSA) is 80.3 Å². The van der Waals surface area contributed by atoms with E-state index in [1.807, 2.05) is 20.8 Å². The number of fused-ring (bicyclic) bond motifs is 2. The number of likely N-dealkylation sites (tertiary alicyclic amines) is 2. The van der Waals surface area contributed by atoms with Crippen LogP contribution in [-0.4, -0.2) is 97.5 Å². The molecule has 4 fully saturated rings. The molecule has 0 unspecified atom stereocenters. The summed E-state index contributed by atoms with van der Waals surface area (Å²) in [7, 11) is 1.65. The Morgan fingerprint density at radius 3 is 2.50 bits per heavy atom. The molecule has 3 aliphatic heterocycles. The van der Waals surface area contributed by atoms with Crippen LogP contribution in [0.25, 0.3) is 0 Å². The van der Waals surface area contributed by atoms with Gasteiger partial charge in [-0.15, -0.1) is 0 Å². The van der Waals surface area contributed by atoms with E-state index < -0.39 is 23.9 Å². The third-order valence-corrected chi connectivity index (χ3v) is 7.79. The van der Waals surface area contributed by atoms with E-state index in [0.717, 1.165) is 6.42 Å². The fourth-order valence-corrected chi connectivity index (χ4v) is 6.23. The zero-order valence-electron chi connectivity index (χ0n) is 20.7. The summed E-state index contributed by atoms with van der Waals surface area (Å²) in [5.74, 6) is -0.177. The van der Waals surface area contributed by atoms with E-state index in [1.165, 1.54) is 0 Å². The molecular formula is C24H39F2N3O5. The van der Waals surface area contributed by atoms with Gasteiger partial charge in [0, 0.05) is 45.3 Å². The first kappa shape index (κ1) is 25.6. The van der Waals surface area contributed by atoms with Crippen molar-refractivity contribution in [2.75, 3.05) is 33.4 Å². The zero-order valence-corrected chi connectivity index (χ0v) is 20.7. The van der Waals surface area contributed by atoms with E-state index in [-0.39, 0.29) is 42.3 Å². The normalized spacial score (nSPS) is 35.9. The number of methoxy groups -OCH3 is 1. The summed E-state index contributed by atoms with van der Waals surface area (Å²) in [6.07, 6.45) is -0.433. The Morgan fingerprint density at radius 2 is 1.88 bits per heavy atom. The molecule has 0 aromatic heterocycles. The van der Waals surface area contributed by atoms with Gasteiger partial charge in [-0.2, -0.15) is 0 Å². The molecule has 1 saturated carbocycles. The summed E-state index contributed by atoms with van der Waals surface area (Å²) >= 11 is 0. The van der Waals surface area contributed by atoms with E-state index >= 15 is 0 Å². The maximum atomic E-state index is 13.7. The van der Waals surface area contributed by atoms with E-state index in [2.05, 4.69) is 5.32 Å². The van der Waals surface area contributed by atoms with Gasteiger partial charge in [-0.25, -0.2) is 13.6 Å². The minimum atomic E-state index is -2.55. The molecule has 34 heavy (non-hydrogen) atoms. The lowest BCUT2D eigenvalue weighted by Gasteiger charge is -2.40. The number of rotatable bonds is 6. The Hall–Kier alpha value is -1.52. The number of nitrogens with zero attached hydrogens (tertiary/aromatic N) is 2. The smallest absolute Gasteiger partial charge is 0.410 e. The van der Waals surface area contributed by atoms with Crippen LogP contribution in [0.15, 0.2) is 0 Å². The number of halogens is 2. The first-order chi connectivity index (χ1) is 16.0. The number of carbonyl (C=O) groups is 2. The minimum Gasteiger partial charge on any atom is -0.444 e. The quantitative estimate of drug-likeness (QED) is 0.621. The number of carbonyl (C=O) groups excluding carboxylic acids is 2. The molecule has 3 saturated heterocycles. The van der Waals surface area contributed by atoms with Gasteiger partial charge in [0.1, 0.15) is 5.60 Å². The highest BCUT2D eigenvalue weighted by Gasteiger charge is 2.55. The van der Waals surface area contributed by atoms with Crippen molar-refractivity contribution in [3.05, 3.63) is 0 Å². The summed E-state index contributed by atoms with van der Waals surface area (Å²) in [5.41, 5.74) is -1.66. The van der Waals surface area contributed by atoms with Crippen molar-refractivity contribution in [1.29, 1.82) is 0 Å². The molecule has 8 nitrogen and oxygen atoms in total. The number of alkyl halides is 2. The van der Waals surface area contributed by atoms with Gasteiger partial charge in [0.2, 0.25) is 12.3 Å². The molecule has 0 radical (unpaired) electrons. The fraction of sp³-hybridized carbons (Fsp3) is 0.917. The van der Waals surface area contributed by atoms with Crippen molar-refractivity contribution in [3.8, 4) is 0 Å². The Morgan fingerprint density at radius 1 is 1.18 bits per heavy atom. The summed E-state index contributed by atoms with van der Waals surface area (Å²) in [5, 5.41) is 3.58. The molecule has 0 spiro atoms. The van der Waals surface area contributed by atoms with Crippen LogP contribution in [0.2, 0.25) is 0 Å². The van der Waals surface area contributed by atoms with Gasteiger partial charge in [0.25, 0.3) is 0 Å². The molecule has 1 N–H and O–H groups in total. The fourth-order valence-electron chi connectivity index (χ4n) is 6.23. The number of ether oxygens (including phenoxy) is 3. The summed E-state index contributed by atoms with van der Waals surface area (Å²) in [6, 6.07) is -0.180. The van der Waals surface area contributed by atoms with Gasteiger partial charge in [-0.3, -0.25) is 4.79 Å². The Bertz CT molecular complexity index is 763. The molecule has 1 aliphatic carbocycles. The monoisotopic (exact) mass is 487 g/mol. The maximum absolute atomic E-state index is 13.7. The lowest BCUT2D eigenvalue weighted by Crippen LogP contribution is -2.55. The van der Waals surface area contributed by atoms with Gasteiger partial charge in [0.15, 0.2) is 0 Å². The highest BCUT2D eigenvalue weighted by molar-refractivity contribution is 5.84. The predicted molar refractivity (Wildman–Crippen MR) is 121 cm³/mol. The van der Waals surface area contributed by atoms with Crippen molar-refractivity contribution in [2.45, 2.75) is 102 Å². The van der Waals surface area contributed by atoms with Gasteiger partial charge < -0.3 is 29.3 Å². The van der Waals surface area contributed by atoms with Crippen LogP contribution in [-0.2, 0) is 19.0 Å². The molecular weight excluding hydrogens is 448 g/mol. The zero-order chi connectivity index (χ0) is 24.7. The van der Waals surface area contributed by atoms with Gasteiger partial charge in [-0.05, 0) is 52.9 Å². The molecule has 3 heterocycles. The Balaban J connectivity index is 1.41. The highest BCUT2D eigenvalue weighted by Crippen LogP contribution is 2.47. The second-order valence-electron chi connectivity index (χ2n) is 11.4. The Kier molecular flexibility index (Phi) is 7.41. The molecule has 194 valence electrons. The second kappa shape index (κ2) is 9.85. The van der Waals surface area contributed by atoms with E-state index in [0.29, 0.717) is 52.0 Å². The lowest BCUT2D eigenvalue weighted by molar-refractivity contribution is -0.147. The van der Waals surface area contributed by atoms with Gasteiger partial charge in [0.05, 0.1) is 30.2 Å². The van der Waals surface area contributed by atoms with E-state index in [4.69, 9.17) is 14.2 Å². The number of piperazine rings is 1. The second-order valence-corrected chi connectivity index (χ2v) is 11.4. The number of hydrogen-bond donors (Lipinski definition) is 1. The predicted octanol–water partition coefficient (Wildman–Crippen LogP) is 2.79. The third kappa shape index (κ3) is 5.33. The SMILES string of the molecule is CO[C@@H]1COCC[C@@H]1N[C@@H]1CC[C@](CC(F)F)(C(=O)N2C[C@H]3C[C@H]2CN3C(=O)OC(C)(C)C)C1. The van der Waals surface area contributed by atoms with E-state index in [9.17, 15) is 18.4 Å². The molecule has 4 aliphatic rings. The first-order valence-corrected chi connectivity index (χ1v) is 12.5. The molecule has 2 amide bonds. The number of hydrogen-bond acceptors (Lipinski definition) is 6. The average Bonchev–Trinajstić information content (AvgIpc) is 3.47. The Labute approximate surface area is 200 Å². The summed E-state index contributed by atoms with van der Waals surface area (Å²) in [6.45, 7) is 7.39. The summed E-state index contributed by atoms with van der Waals surface area (Å²) < 4.78 is 43.9. The molecule has 0 aromatic rings. The first-order valence-electron chi connectivity index (χ1n) is 12.5. The van der Waals surface area contributed by atoms with Gasteiger partial charge in [-0.1, -0.05) is 0 Å². The highest BCUT2D eigenvalue weighted by atomic mass is 19.3. The maximum Gasteiger partial charge on any atom is 0.410 e. The summed E-state index contributed by atoms with van der Waals surface area (Å²) in [4.78, 5) is 29.7. The van der Waals surface area contributed by atoms with Crippen molar-refractivity contribution in [3.63, 3.8) is 0 Å². The molecule has 2 bridgehead atoms. The standard InChI is InChI=1S/C24H39F2N3O5/c1-23(2,3)34-22(31)29-13-16-9-17(29)12-28(16)21(30)24(11-20(25)26)7-5-15(10-24)27-18-6-8-33-14-19(18)32-4/h15-20,27H,5-14H2,1-4H3/t15-,16+,17-,18+,19-,24+/m1/s1. The third-order valence-electron chi connectivity index (χ3n) is 7.79. The molecule has 6 atom stereocenters. The van der Waals surface area contributed by atoms with Crippen LogP contribution >= 0.6 is 0 Å². The average molecular weight is 488 g/mol. The van der Waals surface area contributed by atoms with Crippen LogP contribution in [0, 0.1) is 5.41 Å². The van der Waals surface area contributed by atoms with Crippen molar-refractivity contribution < 1.29 is 32.6 Å². The number of amides is 2. The van der Waals surface area contributed by atoms with Gasteiger partial charge >= 0.3 is 6.09 Å². The minimum absolute atomic E-state index is 0.0125. The van der Waals surface area contributed by atoms with Crippen LogP contribution in [0.1, 0.15) is 59.3 Å². The van der Waals surface area contributed by atoms with Crippen LogP contribution in [0.4, 0.5) is 13.6 Å². The largest absolute Gasteiger partial charge is 0.444 e.